The number of rotatable bonds is 3. The summed E-state index contributed by atoms with van der Waals surface area (Å²) < 4.78 is 39.2. The Morgan fingerprint density at radius 1 is 0.900 bits per heavy atom. The van der Waals surface area contributed by atoms with Crippen molar-refractivity contribution in [2.75, 3.05) is 26.2 Å². The van der Waals surface area contributed by atoms with Crippen molar-refractivity contribution in [3.8, 4) is 5.75 Å². The lowest BCUT2D eigenvalue weighted by Crippen LogP contribution is -2.53. The van der Waals surface area contributed by atoms with Crippen molar-refractivity contribution in [1.29, 1.82) is 0 Å². The highest BCUT2D eigenvalue weighted by Crippen LogP contribution is 2.50. The number of hydrogen-bond donors (Lipinski definition) is 1. The van der Waals surface area contributed by atoms with Gasteiger partial charge in [-0.2, -0.15) is 13.2 Å². The van der Waals surface area contributed by atoms with E-state index >= 15 is 0 Å². The van der Waals surface area contributed by atoms with Crippen LogP contribution in [0.1, 0.15) is 34.3 Å². The number of hydrogen-bond acceptors (Lipinski definition) is 3. The molecule has 2 aliphatic rings. The lowest BCUT2D eigenvalue weighted by atomic mass is 9.92. The van der Waals surface area contributed by atoms with Crippen LogP contribution in [0.5, 0.6) is 5.75 Å². The minimum absolute atomic E-state index is 0.00595. The number of alkyl halides is 3. The van der Waals surface area contributed by atoms with E-state index < -0.39 is 17.2 Å². The molecular weight excluding hydrogens is 397 g/mol. The summed E-state index contributed by atoms with van der Waals surface area (Å²) >= 11 is 0. The van der Waals surface area contributed by atoms with Gasteiger partial charge in [-0.3, -0.25) is 9.59 Å². The summed E-state index contributed by atoms with van der Waals surface area (Å²) in [6, 6.07) is 11.1. The lowest BCUT2D eigenvalue weighted by Gasteiger charge is -2.36. The largest absolute Gasteiger partial charge is 0.508 e. The third-order valence-electron chi connectivity index (χ3n) is 5.85. The molecule has 1 aliphatic heterocycles. The van der Waals surface area contributed by atoms with Crippen LogP contribution in [0.15, 0.2) is 48.5 Å². The van der Waals surface area contributed by atoms with Gasteiger partial charge in [0, 0.05) is 31.7 Å². The van der Waals surface area contributed by atoms with Crippen molar-refractivity contribution < 1.29 is 27.9 Å². The van der Waals surface area contributed by atoms with Crippen LogP contribution >= 0.6 is 0 Å². The summed E-state index contributed by atoms with van der Waals surface area (Å²) in [7, 11) is 0. The minimum atomic E-state index is -4.45. The highest BCUT2D eigenvalue weighted by molar-refractivity contribution is 5.95. The Labute approximate surface area is 171 Å². The summed E-state index contributed by atoms with van der Waals surface area (Å²) in [5.74, 6) is -0.394. The number of amides is 2. The SMILES string of the molecule is O=C(c1cccc(O)c1)N1CCN(C(=O)C2(c3cccc(C(F)(F)F)c3)CC2)CC1. The van der Waals surface area contributed by atoms with Gasteiger partial charge in [0.2, 0.25) is 5.91 Å². The third-order valence-corrected chi connectivity index (χ3v) is 5.85. The van der Waals surface area contributed by atoms with Crippen LogP contribution in [0.3, 0.4) is 0 Å². The van der Waals surface area contributed by atoms with E-state index in [0.717, 1.165) is 12.1 Å². The molecule has 0 unspecified atom stereocenters. The van der Waals surface area contributed by atoms with Crippen molar-refractivity contribution in [3.05, 3.63) is 65.2 Å². The molecule has 2 aromatic carbocycles. The monoisotopic (exact) mass is 418 g/mol. The fourth-order valence-corrected chi connectivity index (χ4v) is 3.98. The molecule has 158 valence electrons. The van der Waals surface area contributed by atoms with Crippen LogP contribution in [-0.4, -0.2) is 52.9 Å². The summed E-state index contributed by atoms with van der Waals surface area (Å²) in [6.45, 7) is 1.31. The number of aromatic hydroxyl groups is 1. The number of carbonyl (C=O) groups is 2. The molecule has 30 heavy (non-hydrogen) atoms. The molecule has 1 saturated heterocycles. The van der Waals surface area contributed by atoms with Gasteiger partial charge in [-0.1, -0.05) is 24.3 Å². The van der Waals surface area contributed by atoms with Gasteiger partial charge in [-0.15, -0.1) is 0 Å². The summed E-state index contributed by atoms with van der Waals surface area (Å²) in [4.78, 5) is 29.0. The first-order valence-corrected chi connectivity index (χ1v) is 9.76. The van der Waals surface area contributed by atoms with E-state index in [1.807, 2.05) is 0 Å². The Bertz CT molecular complexity index is 978. The predicted molar refractivity (Wildman–Crippen MR) is 103 cm³/mol. The van der Waals surface area contributed by atoms with E-state index in [4.69, 9.17) is 0 Å². The zero-order valence-electron chi connectivity index (χ0n) is 16.2. The number of nitrogens with zero attached hydrogens (tertiary/aromatic N) is 2. The van der Waals surface area contributed by atoms with Gasteiger partial charge in [-0.05, 0) is 42.7 Å². The van der Waals surface area contributed by atoms with Crippen molar-refractivity contribution in [2.24, 2.45) is 0 Å². The molecule has 1 aliphatic carbocycles. The molecule has 5 nitrogen and oxygen atoms in total. The van der Waals surface area contributed by atoms with Gasteiger partial charge in [-0.25, -0.2) is 0 Å². The smallest absolute Gasteiger partial charge is 0.416 e. The second-order valence-electron chi connectivity index (χ2n) is 7.80. The fraction of sp³-hybridized carbons (Fsp3) is 0.364. The molecule has 0 bridgehead atoms. The van der Waals surface area contributed by atoms with Crippen molar-refractivity contribution >= 4 is 11.8 Å². The molecule has 0 spiro atoms. The summed E-state index contributed by atoms with van der Waals surface area (Å²) in [5.41, 5.74) is -0.864. The Morgan fingerprint density at radius 2 is 1.53 bits per heavy atom. The second-order valence-corrected chi connectivity index (χ2v) is 7.80. The second kappa shape index (κ2) is 7.34. The highest BCUT2D eigenvalue weighted by atomic mass is 19.4. The average molecular weight is 418 g/mol. The van der Waals surface area contributed by atoms with Crippen molar-refractivity contribution in [2.45, 2.75) is 24.4 Å². The van der Waals surface area contributed by atoms with E-state index in [9.17, 15) is 27.9 Å². The number of halogens is 3. The third kappa shape index (κ3) is 3.74. The Morgan fingerprint density at radius 3 is 2.13 bits per heavy atom. The van der Waals surface area contributed by atoms with Crippen LogP contribution in [-0.2, 0) is 16.4 Å². The normalized spacial score (nSPS) is 18.2. The number of phenolic OH excluding ortho intramolecular Hbond substituents is 1. The maximum absolute atomic E-state index is 13.1. The van der Waals surface area contributed by atoms with Gasteiger partial charge < -0.3 is 14.9 Å². The molecule has 1 N–H and O–H groups in total. The molecule has 4 rings (SSSR count). The summed E-state index contributed by atoms with van der Waals surface area (Å²) in [5, 5.41) is 9.56. The molecule has 2 fully saturated rings. The fourth-order valence-electron chi connectivity index (χ4n) is 3.98. The Balaban J connectivity index is 1.44. The first kappa shape index (κ1) is 20.3. The minimum Gasteiger partial charge on any atom is -0.508 e. The first-order valence-electron chi connectivity index (χ1n) is 9.76. The Hall–Kier alpha value is -3.03. The maximum atomic E-state index is 13.1. The van der Waals surface area contributed by atoms with Gasteiger partial charge in [0.25, 0.3) is 5.91 Å². The number of benzene rings is 2. The van der Waals surface area contributed by atoms with Crippen LogP contribution < -0.4 is 0 Å². The van der Waals surface area contributed by atoms with Crippen molar-refractivity contribution in [1.82, 2.24) is 9.80 Å². The van der Waals surface area contributed by atoms with Gasteiger partial charge in [0.15, 0.2) is 0 Å². The van der Waals surface area contributed by atoms with E-state index in [2.05, 4.69) is 0 Å². The van der Waals surface area contributed by atoms with Crippen LogP contribution in [0.25, 0.3) is 0 Å². The molecule has 1 saturated carbocycles. The zero-order chi connectivity index (χ0) is 21.5. The standard InChI is InChI=1S/C22H21F3N2O3/c23-22(24,25)17-5-2-4-16(14-17)21(7-8-21)20(30)27-11-9-26(10-12-27)19(29)15-3-1-6-18(28)13-15/h1-6,13-14,28H,7-12H2. The van der Waals surface area contributed by atoms with Crippen LogP contribution in [0.4, 0.5) is 13.2 Å². The first-order chi connectivity index (χ1) is 14.2. The van der Waals surface area contributed by atoms with Gasteiger partial charge in [0.1, 0.15) is 5.75 Å². The molecule has 0 radical (unpaired) electrons. The van der Waals surface area contributed by atoms with Crippen LogP contribution in [0, 0.1) is 0 Å². The van der Waals surface area contributed by atoms with E-state index in [0.29, 0.717) is 50.1 Å². The van der Waals surface area contributed by atoms with E-state index in [1.165, 1.54) is 18.2 Å². The molecule has 2 aromatic rings. The molecular formula is C22H21F3N2O3. The zero-order valence-corrected chi connectivity index (χ0v) is 16.2. The van der Waals surface area contributed by atoms with Crippen molar-refractivity contribution in [3.63, 3.8) is 0 Å². The highest BCUT2D eigenvalue weighted by Gasteiger charge is 2.53. The molecule has 0 aromatic heterocycles. The molecule has 0 atom stereocenters. The quantitative estimate of drug-likeness (QED) is 0.831. The lowest BCUT2D eigenvalue weighted by molar-refractivity contribution is -0.138. The average Bonchev–Trinajstić information content (AvgIpc) is 3.54. The van der Waals surface area contributed by atoms with E-state index in [-0.39, 0.29) is 17.6 Å². The number of phenols is 1. The van der Waals surface area contributed by atoms with Gasteiger partial charge >= 0.3 is 6.18 Å². The molecule has 2 amide bonds. The number of carbonyl (C=O) groups excluding carboxylic acids is 2. The number of piperazine rings is 1. The predicted octanol–water partition coefficient (Wildman–Crippen LogP) is 3.43. The van der Waals surface area contributed by atoms with E-state index in [1.54, 1.807) is 28.0 Å². The Kier molecular flexibility index (Phi) is 4.95. The molecule has 1 heterocycles. The van der Waals surface area contributed by atoms with Crippen LogP contribution in [0.2, 0.25) is 0 Å². The maximum Gasteiger partial charge on any atom is 0.416 e. The summed E-state index contributed by atoms with van der Waals surface area (Å²) in [6.07, 6.45) is -3.40. The topological polar surface area (TPSA) is 60.9 Å². The van der Waals surface area contributed by atoms with Gasteiger partial charge in [0.05, 0.1) is 11.0 Å². The molecule has 8 heteroatoms.